The lowest BCUT2D eigenvalue weighted by Gasteiger charge is -2.19. The maximum absolute atomic E-state index is 11.5. The van der Waals surface area contributed by atoms with Crippen LogP contribution in [0.1, 0.15) is 44.9 Å². The lowest BCUT2D eigenvalue weighted by Crippen LogP contribution is -2.37. The molecule has 2 unspecified atom stereocenters. The number of aryl methyl sites for hydroxylation is 1. The fourth-order valence-corrected chi connectivity index (χ4v) is 1.85. The van der Waals surface area contributed by atoms with E-state index in [0.29, 0.717) is 6.61 Å². The largest absolute Gasteiger partial charge is 0.465 e. The minimum atomic E-state index is -0.286. The quantitative estimate of drug-likeness (QED) is 0.788. The third kappa shape index (κ3) is 4.15. The molecular formula is C15H23NO2. The molecule has 1 aromatic rings. The SMILES string of the molecule is CCOC(=O)C(C)NC(C)c1ccc(CC)cc1. The first-order chi connectivity index (χ1) is 8.58. The van der Waals surface area contributed by atoms with Crippen molar-refractivity contribution >= 4 is 5.97 Å². The first-order valence-corrected chi connectivity index (χ1v) is 6.60. The van der Waals surface area contributed by atoms with Crippen molar-refractivity contribution in [1.29, 1.82) is 0 Å². The molecule has 0 saturated heterocycles. The second-order valence-electron chi connectivity index (χ2n) is 4.46. The van der Waals surface area contributed by atoms with Crippen molar-refractivity contribution in [3.63, 3.8) is 0 Å². The van der Waals surface area contributed by atoms with Crippen LogP contribution in [0.3, 0.4) is 0 Å². The maximum Gasteiger partial charge on any atom is 0.322 e. The zero-order chi connectivity index (χ0) is 13.5. The summed E-state index contributed by atoms with van der Waals surface area (Å²) in [5.74, 6) is -0.200. The van der Waals surface area contributed by atoms with Crippen LogP contribution < -0.4 is 5.32 Å². The highest BCUT2D eigenvalue weighted by Crippen LogP contribution is 2.14. The molecule has 1 N–H and O–H groups in total. The minimum absolute atomic E-state index is 0.135. The Balaban J connectivity index is 2.58. The molecule has 0 heterocycles. The maximum atomic E-state index is 11.5. The standard InChI is InChI=1S/C15H23NO2/c1-5-13-7-9-14(10-8-13)11(3)16-12(4)15(17)18-6-2/h7-12,16H,5-6H2,1-4H3. The van der Waals surface area contributed by atoms with Crippen LogP contribution in [0.4, 0.5) is 0 Å². The van der Waals surface area contributed by atoms with Gasteiger partial charge in [-0.2, -0.15) is 0 Å². The van der Waals surface area contributed by atoms with Crippen molar-refractivity contribution in [3.05, 3.63) is 35.4 Å². The lowest BCUT2D eigenvalue weighted by atomic mass is 10.0. The molecular weight excluding hydrogens is 226 g/mol. The van der Waals surface area contributed by atoms with Crippen LogP contribution in [0.2, 0.25) is 0 Å². The number of hydrogen-bond acceptors (Lipinski definition) is 3. The van der Waals surface area contributed by atoms with E-state index in [1.54, 1.807) is 0 Å². The summed E-state index contributed by atoms with van der Waals surface area (Å²) in [4.78, 5) is 11.5. The van der Waals surface area contributed by atoms with Crippen LogP contribution in [0.25, 0.3) is 0 Å². The Kier molecular flexibility index (Phi) is 5.86. The lowest BCUT2D eigenvalue weighted by molar-refractivity contribution is -0.145. The van der Waals surface area contributed by atoms with E-state index in [9.17, 15) is 4.79 Å². The number of esters is 1. The highest BCUT2D eigenvalue weighted by molar-refractivity contribution is 5.75. The van der Waals surface area contributed by atoms with Crippen molar-refractivity contribution in [2.45, 2.75) is 46.2 Å². The molecule has 0 radical (unpaired) electrons. The van der Waals surface area contributed by atoms with Crippen molar-refractivity contribution < 1.29 is 9.53 Å². The number of rotatable bonds is 6. The molecule has 0 aliphatic heterocycles. The number of hydrogen-bond donors (Lipinski definition) is 1. The normalized spacial score (nSPS) is 14.0. The summed E-state index contributed by atoms with van der Waals surface area (Å²) in [5, 5.41) is 3.24. The van der Waals surface area contributed by atoms with Crippen LogP contribution in [0.5, 0.6) is 0 Å². The number of nitrogens with one attached hydrogen (secondary N) is 1. The first-order valence-electron chi connectivity index (χ1n) is 6.60. The summed E-state index contributed by atoms with van der Waals surface area (Å²) < 4.78 is 4.98. The third-order valence-electron chi connectivity index (χ3n) is 3.03. The number of ether oxygens (including phenoxy) is 1. The summed E-state index contributed by atoms with van der Waals surface area (Å²) in [6.45, 7) is 8.26. The molecule has 18 heavy (non-hydrogen) atoms. The zero-order valence-corrected chi connectivity index (χ0v) is 11.7. The molecule has 0 aromatic heterocycles. The van der Waals surface area contributed by atoms with Gasteiger partial charge in [-0.1, -0.05) is 31.2 Å². The highest BCUT2D eigenvalue weighted by atomic mass is 16.5. The summed E-state index contributed by atoms with van der Waals surface area (Å²) in [5.41, 5.74) is 2.51. The molecule has 2 atom stereocenters. The van der Waals surface area contributed by atoms with Crippen LogP contribution in [0.15, 0.2) is 24.3 Å². The Morgan fingerprint density at radius 3 is 2.33 bits per heavy atom. The third-order valence-corrected chi connectivity index (χ3v) is 3.03. The van der Waals surface area contributed by atoms with Crippen molar-refractivity contribution in [2.75, 3.05) is 6.61 Å². The van der Waals surface area contributed by atoms with E-state index in [2.05, 4.69) is 43.4 Å². The summed E-state index contributed by atoms with van der Waals surface area (Å²) in [7, 11) is 0. The van der Waals surface area contributed by atoms with E-state index >= 15 is 0 Å². The molecule has 100 valence electrons. The Morgan fingerprint density at radius 1 is 1.22 bits per heavy atom. The number of carbonyl (C=O) groups is 1. The minimum Gasteiger partial charge on any atom is -0.465 e. The van der Waals surface area contributed by atoms with Crippen molar-refractivity contribution in [2.24, 2.45) is 0 Å². The van der Waals surface area contributed by atoms with Crippen LogP contribution in [-0.2, 0) is 16.0 Å². The molecule has 3 heteroatoms. The molecule has 0 saturated carbocycles. The van der Waals surface area contributed by atoms with Gasteiger partial charge < -0.3 is 4.74 Å². The van der Waals surface area contributed by atoms with Crippen LogP contribution in [-0.4, -0.2) is 18.6 Å². The van der Waals surface area contributed by atoms with Gasteiger partial charge in [0.1, 0.15) is 6.04 Å². The fourth-order valence-electron chi connectivity index (χ4n) is 1.85. The average Bonchev–Trinajstić information content (AvgIpc) is 2.39. The molecule has 3 nitrogen and oxygen atoms in total. The predicted octanol–water partition coefficient (Wildman–Crippen LogP) is 2.85. The Morgan fingerprint density at radius 2 is 1.83 bits per heavy atom. The molecule has 0 bridgehead atoms. The van der Waals surface area contributed by atoms with Gasteiger partial charge in [-0.3, -0.25) is 10.1 Å². The molecule has 0 spiro atoms. The molecule has 1 aromatic carbocycles. The van der Waals surface area contributed by atoms with Gasteiger partial charge in [0, 0.05) is 6.04 Å². The van der Waals surface area contributed by atoms with Crippen molar-refractivity contribution in [1.82, 2.24) is 5.32 Å². The van der Waals surface area contributed by atoms with Gasteiger partial charge in [0.05, 0.1) is 6.61 Å². The Labute approximate surface area is 110 Å². The summed E-state index contributed by atoms with van der Waals surface area (Å²) in [6.07, 6.45) is 1.04. The molecule has 0 aliphatic carbocycles. The monoisotopic (exact) mass is 249 g/mol. The van der Waals surface area contributed by atoms with Crippen molar-refractivity contribution in [3.8, 4) is 0 Å². The topological polar surface area (TPSA) is 38.3 Å². The second-order valence-corrected chi connectivity index (χ2v) is 4.46. The number of benzene rings is 1. The van der Waals surface area contributed by atoms with Gasteiger partial charge in [-0.15, -0.1) is 0 Å². The van der Waals surface area contributed by atoms with Crippen LogP contribution >= 0.6 is 0 Å². The molecule has 0 fully saturated rings. The van der Waals surface area contributed by atoms with E-state index in [4.69, 9.17) is 4.74 Å². The van der Waals surface area contributed by atoms with Gasteiger partial charge in [0.15, 0.2) is 0 Å². The second kappa shape index (κ2) is 7.17. The van der Waals surface area contributed by atoms with E-state index in [1.807, 2.05) is 13.8 Å². The van der Waals surface area contributed by atoms with E-state index in [1.165, 1.54) is 11.1 Å². The van der Waals surface area contributed by atoms with Crippen LogP contribution in [0, 0.1) is 0 Å². The van der Waals surface area contributed by atoms with Gasteiger partial charge >= 0.3 is 5.97 Å². The van der Waals surface area contributed by atoms with Gasteiger partial charge in [0.25, 0.3) is 0 Å². The van der Waals surface area contributed by atoms with E-state index < -0.39 is 0 Å². The van der Waals surface area contributed by atoms with Gasteiger partial charge in [0.2, 0.25) is 0 Å². The van der Waals surface area contributed by atoms with Gasteiger partial charge in [-0.05, 0) is 38.3 Å². The van der Waals surface area contributed by atoms with E-state index in [0.717, 1.165) is 6.42 Å². The van der Waals surface area contributed by atoms with E-state index in [-0.39, 0.29) is 18.1 Å². The molecule has 1 rings (SSSR count). The zero-order valence-electron chi connectivity index (χ0n) is 11.7. The smallest absolute Gasteiger partial charge is 0.322 e. The first kappa shape index (κ1) is 14.7. The summed E-state index contributed by atoms with van der Waals surface area (Å²) in [6, 6.07) is 8.31. The Hall–Kier alpha value is -1.35. The molecule has 0 aliphatic rings. The average molecular weight is 249 g/mol. The molecule has 0 amide bonds. The highest BCUT2D eigenvalue weighted by Gasteiger charge is 2.16. The number of carbonyl (C=O) groups excluding carboxylic acids is 1. The van der Waals surface area contributed by atoms with Gasteiger partial charge in [-0.25, -0.2) is 0 Å². The fraction of sp³-hybridized carbons (Fsp3) is 0.533. The Bertz CT molecular complexity index is 373. The summed E-state index contributed by atoms with van der Waals surface area (Å²) >= 11 is 0. The predicted molar refractivity (Wildman–Crippen MR) is 73.5 cm³/mol.